The van der Waals surface area contributed by atoms with Crippen LogP contribution in [0.25, 0.3) is 0 Å². The summed E-state index contributed by atoms with van der Waals surface area (Å²) in [6.45, 7) is 0. The molecular formula is C12H10BrN3O3. The van der Waals surface area contributed by atoms with E-state index >= 15 is 0 Å². The van der Waals surface area contributed by atoms with Gasteiger partial charge >= 0.3 is 12.0 Å². The number of amides is 2. The topological polar surface area (TPSA) is 102 Å². The predicted octanol–water partition coefficient (Wildman–Crippen LogP) is 2.06. The summed E-state index contributed by atoms with van der Waals surface area (Å²) in [6.07, 6.45) is 0.832. The Labute approximate surface area is 117 Å². The van der Waals surface area contributed by atoms with E-state index in [9.17, 15) is 9.59 Å². The minimum atomic E-state index is -1.15. The summed E-state index contributed by atoms with van der Waals surface area (Å²) < 4.78 is 0.709. The summed E-state index contributed by atoms with van der Waals surface area (Å²) in [5, 5.41) is 22.8. The Kier molecular flexibility index (Phi) is 3.44. The number of benzene rings is 1. The van der Waals surface area contributed by atoms with E-state index in [1.54, 1.807) is 18.2 Å². The van der Waals surface area contributed by atoms with Gasteiger partial charge in [0.1, 0.15) is 11.6 Å². The third kappa shape index (κ3) is 2.85. The molecule has 0 unspecified atom stereocenters. The third-order valence-corrected chi connectivity index (χ3v) is 3.36. The minimum absolute atomic E-state index is 0.304. The highest BCUT2D eigenvalue weighted by atomic mass is 79.9. The molecule has 6 nitrogen and oxygen atoms in total. The van der Waals surface area contributed by atoms with E-state index in [1.807, 2.05) is 6.07 Å². The Morgan fingerprint density at radius 3 is 2.63 bits per heavy atom. The van der Waals surface area contributed by atoms with Crippen molar-refractivity contribution < 1.29 is 14.7 Å². The van der Waals surface area contributed by atoms with Crippen molar-refractivity contribution in [1.82, 2.24) is 5.32 Å². The van der Waals surface area contributed by atoms with Crippen LogP contribution in [0.1, 0.15) is 18.4 Å². The van der Waals surface area contributed by atoms with Crippen LogP contribution in [0.4, 0.5) is 10.5 Å². The van der Waals surface area contributed by atoms with Gasteiger partial charge in [0.05, 0.1) is 11.3 Å². The van der Waals surface area contributed by atoms with Gasteiger partial charge in [0.15, 0.2) is 0 Å². The molecule has 0 radical (unpaired) electrons. The van der Waals surface area contributed by atoms with E-state index in [-0.39, 0.29) is 0 Å². The quantitative estimate of drug-likeness (QED) is 0.792. The Morgan fingerprint density at radius 2 is 2.11 bits per heavy atom. The van der Waals surface area contributed by atoms with Crippen LogP contribution in [0.2, 0.25) is 0 Å². The van der Waals surface area contributed by atoms with Crippen molar-refractivity contribution in [2.75, 3.05) is 5.32 Å². The molecule has 19 heavy (non-hydrogen) atoms. The second kappa shape index (κ2) is 4.90. The molecule has 1 aliphatic rings. The summed E-state index contributed by atoms with van der Waals surface area (Å²) >= 11 is 3.24. The zero-order valence-electron chi connectivity index (χ0n) is 9.74. The third-order valence-electron chi connectivity index (χ3n) is 2.86. The Balaban J connectivity index is 2.10. The summed E-state index contributed by atoms with van der Waals surface area (Å²) in [4.78, 5) is 22.7. The lowest BCUT2D eigenvalue weighted by Gasteiger charge is -2.14. The average molecular weight is 324 g/mol. The van der Waals surface area contributed by atoms with E-state index in [0.29, 0.717) is 28.6 Å². The van der Waals surface area contributed by atoms with Gasteiger partial charge in [0.25, 0.3) is 0 Å². The highest BCUT2D eigenvalue weighted by Gasteiger charge is 2.51. The summed E-state index contributed by atoms with van der Waals surface area (Å²) in [5.74, 6) is -1.04. The fourth-order valence-electron chi connectivity index (χ4n) is 1.61. The molecule has 0 bridgehead atoms. The highest BCUT2D eigenvalue weighted by Crippen LogP contribution is 2.35. The molecule has 7 heteroatoms. The van der Waals surface area contributed by atoms with Gasteiger partial charge in [-0.05, 0) is 31.0 Å². The number of carboxylic acids is 1. The highest BCUT2D eigenvalue weighted by molar-refractivity contribution is 9.10. The number of carbonyl (C=O) groups is 2. The van der Waals surface area contributed by atoms with Crippen molar-refractivity contribution >= 4 is 33.6 Å². The standard InChI is InChI=1S/C12H10BrN3O3/c13-8-2-1-7(6-14)9(5-8)15-11(19)16-12(3-4-12)10(17)18/h1-2,5H,3-4H2,(H,17,18)(H2,15,16,19). The lowest BCUT2D eigenvalue weighted by molar-refractivity contribution is -0.140. The summed E-state index contributed by atoms with van der Waals surface area (Å²) in [7, 11) is 0. The zero-order chi connectivity index (χ0) is 14.0. The lowest BCUT2D eigenvalue weighted by Crippen LogP contribution is -2.45. The van der Waals surface area contributed by atoms with E-state index < -0.39 is 17.5 Å². The molecule has 0 spiro atoms. The average Bonchev–Trinajstić information content (AvgIpc) is 3.10. The Morgan fingerprint density at radius 1 is 1.42 bits per heavy atom. The van der Waals surface area contributed by atoms with E-state index in [1.165, 1.54) is 0 Å². The van der Waals surface area contributed by atoms with Crippen LogP contribution in [0, 0.1) is 11.3 Å². The maximum atomic E-state index is 11.7. The molecule has 0 atom stereocenters. The molecule has 0 aliphatic heterocycles. The second-order valence-corrected chi connectivity index (χ2v) is 5.18. The smallest absolute Gasteiger partial charge is 0.329 e. The molecule has 0 saturated heterocycles. The number of hydrogen-bond acceptors (Lipinski definition) is 3. The number of anilines is 1. The number of aliphatic carboxylic acids is 1. The molecule has 98 valence electrons. The van der Waals surface area contributed by atoms with Crippen LogP contribution in [0.3, 0.4) is 0 Å². The number of carbonyl (C=O) groups excluding carboxylic acids is 1. The molecule has 1 fully saturated rings. The second-order valence-electron chi connectivity index (χ2n) is 4.27. The number of carboxylic acid groups (broad SMARTS) is 1. The van der Waals surface area contributed by atoms with Crippen molar-refractivity contribution in [3.05, 3.63) is 28.2 Å². The SMILES string of the molecule is N#Cc1ccc(Br)cc1NC(=O)NC1(C(=O)O)CC1. The van der Waals surface area contributed by atoms with Crippen LogP contribution in [-0.4, -0.2) is 22.6 Å². The first-order valence-corrected chi connectivity index (χ1v) is 6.28. The van der Waals surface area contributed by atoms with Crippen molar-refractivity contribution in [3.8, 4) is 6.07 Å². The largest absolute Gasteiger partial charge is 0.480 e. The molecule has 1 aromatic rings. The number of urea groups is 1. The molecule has 1 aliphatic carbocycles. The van der Waals surface area contributed by atoms with Gasteiger partial charge in [0.2, 0.25) is 0 Å². The molecule has 2 amide bonds. The maximum Gasteiger partial charge on any atom is 0.329 e. The summed E-state index contributed by atoms with van der Waals surface area (Å²) in [5.41, 5.74) is -0.516. The molecule has 1 saturated carbocycles. The summed E-state index contributed by atoms with van der Waals surface area (Å²) in [6, 6.07) is 6.14. The van der Waals surface area contributed by atoms with Crippen LogP contribution in [-0.2, 0) is 4.79 Å². The number of nitrogens with zero attached hydrogens (tertiary/aromatic N) is 1. The first-order chi connectivity index (χ1) is 8.97. The maximum absolute atomic E-state index is 11.7. The first-order valence-electron chi connectivity index (χ1n) is 5.49. The lowest BCUT2D eigenvalue weighted by atomic mass is 10.2. The van der Waals surface area contributed by atoms with Crippen LogP contribution < -0.4 is 10.6 Å². The van der Waals surface area contributed by atoms with Crippen LogP contribution in [0.5, 0.6) is 0 Å². The Bertz CT molecular complexity index is 590. The zero-order valence-corrected chi connectivity index (χ0v) is 11.3. The molecular weight excluding hydrogens is 314 g/mol. The van der Waals surface area contributed by atoms with Gasteiger partial charge in [-0.2, -0.15) is 5.26 Å². The molecule has 2 rings (SSSR count). The molecule has 1 aromatic carbocycles. The van der Waals surface area contributed by atoms with Crippen LogP contribution in [0.15, 0.2) is 22.7 Å². The monoisotopic (exact) mass is 323 g/mol. The van der Waals surface area contributed by atoms with Gasteiger partial charge in [-0.15, -0.1) is 0 Å². The van der Waals surface area contributed by atoms with E-state index in [2.05, 4.69) is 26.6 Å². The van der Waals surface area contributed by atoms with Gasteiger partial charge in [-0.1, -0.05) is 15.9 Å². The number of rotatable bonds is 3. The van der Waals surface area contributed by atoms with Crippen molar-refractivity contribution in [2.24, 2.45) is 0 Å². The number of halogens is 1. The van der Waals surface area contributed by atoms with Crippen molar-refractivity contribution in [1.29, 1.82) is 5.26 Å². The van der Waals surface area contributed by atoms with Crippen LogP contribution >= 0.6 is 15.9 Å². The fourth-order valence-corrected chi connectivity index (χ4v) is 1.97. The normalized spacial score (nSPS) is 15.2. The number of nitriles is 1. The van der Waals surface area contributed by atoms with Crippen molar-refractivity contribution in [3.63, 3.8) is 0 Å². The molecule has 0 heterocycles. The minimum Gasteiger partial charge on any atom is -0.480 e. The van der Waals surface area contributed by atoms with E-state index in [4.69, 9.17) is 10.4 Å². The van der Waals surface area contributed by atoms with E-state index in [0.717, 1.165) is 0 Å². The van der Waals surface area contributed by atoms with Gasteiger partial charge < -0.3 is 15.7 Å². The van der Waals surface area contributed by atoms with Gasteiger partial charge in [-0.25, -0.2) is 9.59 Å². The Hall–Kier alpha value is -2.07. The van der Waals surface area contributed by atoms with Gasteiger partial charge in [-0.3, -0.25) is 0 Å². The van der Waals surface area contributed by atoms with Gasteiger partial charge in [0, 0.05) is 4.47 Å². The molecule has 3 N–H and O–H groups in total. The fraction of sp³-hybridized carbons (Fsp3) is 0.250. The number of nitrogens with one attached hydrogen (secondary N) is 2. The van der Waals surface area contributed by atoms with Crippen molar-refractivity contribution in [2.45, 2.75) is 18.4 Å². The molecule has 0 aromatic heterocycles. The first kappa shape index (κ1) is 13.4. The predicted molar refractivity (Wildman–Crippen MR) is 70.6 cm³/mol. The number of hydrogen-bond donors (Lipinski definition) is 3.